The fourth-order valence-corrected chi connectivity index (χ4v) is 3.99. The molecule has 0 aliphatic heterocycles. The van der Waals surface area contributed by atoms with Crippen LogP contribution >= 0.6 is 11.3 Å². The minimum atomic E-state index is 0.846. The van der Waals surface area contributed by atoms with E-state index in [2.05, 4.69) is 39.1 Å². The Morgan fingerprint density at radius 3 is 2.35 bits per heavy atom. The van der Waals surface area contributed by atoms with Gasteiger partial charge in [0.05, 0.1) is 0 Å². The van der Waals surface area contributed by atoms with Crippen molar-refractivity contribution in [2.75, 3.05) is 0 Å². The van der Waals surface area contributed by atoms with Gasteiger partial charge in [0.15, 0.2) is 0 Å². The molecule has 0 nitrogen and oxygen atoms in total. The molecule has 0 bridgehead atoms. The van der Waals surface area contributed by atoms with Crippen LogP contribution in [0.2, 0.25) is 0 Å². The van der Waals surface area contributed by atoms with Crippen molar-refractivity contribution in [1.82, 2.24) is 0 Å². The second kappa shape index (κ2) is 10.4. The molecule has 0 N–H and O–H groups in total. The molecule has 1 heterocycles. The molecule has 0 aliphatic rings. The Hall–Kier alpha value is -0.300. The molecule has 20 heavy (non-hydrogen) atoms. The number of hydrogen-bond donors (Lipinski definition) is 0. The lowest BCUT2D eigenvalue weighted by Crippen LogP contribution is -2.06. The first-order valence-electron chi connectivity index (χ1n) is 8.76. The predicted octanol–water partition coefficient (Wildman–Crippen LogP) is 6.88. The second-order valence-electron chi connectivity index (χ2n) is 6.44. The maximum Gasteiger partial charge on any atom is 0.00800 e. The fourth-order valence-electron chi connectivity index (χ4n) is 2.96. The number of hydrogen-bond acceptors (Lipinski definition) is 1. The Morgan fingerprint density at radius 2 is 1.70 bits per heavy atom. The summed E-state index contributed by atoms with van der Waals surface area (Å²) >= 11 is 1.99. The Labute approximate surface area is 131 Å². The first-order chi connectivity index (χ1) is 9.71. The van der Waals surface area contributed by atoms with Crippen molar-refractivity contribution < 1.29 is 0 Å². The maximum absolute atomic E-state index is 2.42. The van der Waals surface area contributed by atoms with Gasteiger partial charge in [-0.1, -0.05) is 72.6 Å². The van der Waals surface area contributed by atoms with Gasteiger partial charge in [-0.2, -0.15) is 0 Å². The molecule has 116 valence electrons. The van der Waals surface area contributed by atoms with Gasteiger partial charge in [0.1, 0.15) is 0 Å². The third-order valence-electron chi connectivity index (χ3n) is 4.47. The molecule has 0 saturated heterocycles. The summed E-state index contributed by atoms with van der Waals surface area (Å²) in [5.41, 5.74) is 1.65. The Bertz CT molecular complexity index is 339. The summed E-state index contributed by atoms with van der Waals surface area (Å²) in [7, 11) is 0. The number of thiophene rings is 1. The molecule has 0 spiro atoms. The van der Waals surface area contributed by atoms with E-state index in [-0.39, 0.29) is 0 Å². The van der Waals surface area contributed by atoms with Crippen LogP contribution in [0.5, 0.6) is 0 Å². The number of rotatable bonds is 11. The van der Waals surface area contributed by atoms with Gasteiger partial charge in [-0.3, -0.25) is 0 Å². The molecular weight excluding hydrogens is 260 g/mol. The summed E-state index contributed by atoms with van der Waals surface area (Å²) in [6, 6.07) is 2.38. The van der Waals surface area contributed by atoms with Crippen LogP contribution in [0.25, 0.3) is 0 Å². The zero-order valence-electron chi connectivity index (χ0n) is 14.1. The Kier molecular flexibility index (Phi) is 9.26. The van der Waals surface area contributed by atoms with E-state index in [1.807, 2.05) is 11.3 Å². The van der Waals surface area contributed by atoms with E-state index in [4.69, 9.17) is 0 Å². The van der Waals surface area contributed by atoms with Gasteiger partial charge in [0, 0.05) is 4.88 Å². The first kappa shape index (κ1) is 17.8. The van der Waals surface area contributed by atoms with E-state index in [0.29, 0.717) is 0 Å². The van der Waals surface area contributed by atoms with Gasteiger partial charge in [-0.25, -0.2) is 0 Å². The summed E-state index contributed by atoms with van der Waals surface area (Å²) in [6.07, 6.45) is 12.2. The van der Waals surface area contributed by atoms with E-state index in [9.17, 15) is 0 Å². The highest BCUT2D eigenvalue weighted by atomic mass is 32.1. The summed E-state index contributed by atoms with van der Waals surface area (Å²) in [5, 5.41) is 2.31. The van der Waals surface area contributed by atoms with E-state index in [1.165, 1.54) is 57.8 Å². The third kappa shape index (κ3) is 6.43. The Balaban J connectivity index is 2.52. The molecule has 0 radical (unpaired) electrons. The van der Waals surface area contributed by atoms with E-state index in [1.54, 1.807) is 10.4 Å². The molecule has 0 aromatic carbocycles. The summed E-state index contributed by atoms with van der Waals surface area (Å²) in [4.78, 5) is 1.68. The lowest BCUT2D eigenvalue weighted by molar-refractivity contribution is 0.448. The van der Waals surface area contributed by atoms with Crippen molar-refractivity contribution in [3.05, 3.63) is 21.9 Å². The van der Waals surface area contributed by atoms with Crippen molar-refractivity contribution in [1.29, 1.82) is 0 Å². The van der Waals surface area contributed by atoms with Crippen molar-refractivity contribution in [3.8, 4) is 0 Å². The minimum Gasteiger partial charge on any atom is -0.149 e. The van der Waals surface area contributed by atoms with Crippen LogP contribution in [-0.2, 0) is 12.8 Å². The van der Waals surface area contributed by atoms with Crippen molar-refractivity contribution in [2.24, 2.45) is 11.8 Å². The van der Waals surface area contributed by atoms with Crippen molar-refractivity contribution >= 4 is 11.3 Å². The zero-order chi connectivity index (χ0) is 14.8. The molecule has 1 rings (SSSR count). The second-order valence-corrected chi connectivity index (χ2v) is 7.44. The standard InChI is InChI=1S/C19H34S/c1-5-8-10-16(4)14-18-12-13-20-19(18)15-17(7-3)11-9-6-2/h12-13,16-17H,5-11,14-15H2,1-4H3. The van der Waals surface area contributed by atoms with Gasteiger partial charge in [0.2, 0.25) is 0 Å². The largest absolute Gasteiger partial charge is 0.149 e. The van der Waals surface area contributed by atoms with Crippen LogP contribution in [0.4, 0.5) is 0 Å². The molecule has 0 aliphatic carbocycles. The molecular formula is C19H34S. The van der Waals surface area contributed by atoms with E-state index >= 15 is 0 Å². The SMILES string of the molecule is CCCCC(C)Cc1ccsc1CC(CC)CCCC. The number of unbranched alkanes of at least 4 members (excludes halogenated alkanes) is 2. The van der Waals surface area contributed by atoms with Crippen LogP contribution in [0.3, 0.4) is 0 Å². The van der Waals surface area contributed by atoms with Crippen LogP contribution in [-0.4, -0.2) is 0 Å². The van der Waals surface area contributed by atoms with Crippen LogP contribution in [0, 0.1) is 11.8 Å². The molecule has 0 amide bonds. The monoisotopic (exact) mass is 294 g/mol. The highest BCUT2D eigenvalue weighted by molar-refractivity contribution is 7.10. The molecule has 2 atom stereocenters. The zero-order valence-corrected chi connectivity index (χ0v) is 14.9. The molecule has 0 fully saturated rings. The third-order valence-corrected chi connectivity index (χ3v) is 5.46. The Morgan fingerprint density at radius 1 is 1.00 bits per heavy atom. The lowest BCUT2D eigenvalue weighted by Gasteiger charge is -2.16. The maximum atomic E-state index is 2.42. The average Bonchev–Trinajstić information content (AvgIpc) is 2.88. The molecule has 1 aromatic rings. The fraction of sp³-hybridized carbons (Fsp3) is 0.789. The van der Waals surface area contributed by atoms with Gasteiger partial charge in [0.25, 0.3) is 0 Å². The molecule has 1 heteroatoms. The van der Waals surface area contributed by atoms with Crippen molar-refractivity contribution in [3.63, 3.8) is 0 Å². The van der Waals surface area contributed by atoms with E-state index < -0.39 is 0 Å². The van der Waals surface area contributed by atoms with Crippen LogP contribution in [0.15, 0.2) is 11.4 Å². The van der Waals surface area contributed by atoms with E-state index in [0.717, 1.165) is 11.8 Å². The van der Waals surface area contributed by atoms with Gasteiger partial charge < -0.3 is 0 Å². The smallest absolute Gasteiger partial charge is 0.00800 e. The highest BCUT2D eigenvalue weighted by Crippen LogP contribution is 2.27. The lowest BCUT2D eigenvalue weighted by atomic mass is 9.91. The van der Waals surface area contributed by atoms with Crippen LogP contribution in [0.1, 0.15) is 83.1 Å². The molecule has 1 aromatic heterocycles. The van der Waals surface area contributed by atoms with Gasteiger partial charge in [-0.15, -0.1) is 11.3 Å². The average molecular weight is 295 g/mol. The molecule has 0 saturated carbocycles. The normalized spacial score (nSPS) is 14.4. The van der Waals surface area contributed by atoms with Gasteiger partial charge >= 0.3 is 0 Å². The quantitative estimate of drug-likeness (QED) is 0.417. The summed E-state index contributed by atoms with van der Waals surface area (Å²) in [5.74, 6) is 1.75. The van der Waals surface area contributed by atoms with Gasteiger partial charge in [-0.05, 0) is 41.7 Å². The highest BCUT2D eigenvalue weighted by Gasteiger charge is 2.13. The minimum absolute atomic E-state index is 0.846. The first-order valence-corrected chi connectivity index (χ1v) is 9.64. The predicted molar refractivity (Wildman–Crippen MR) is 93.7 cm³/mol. The summed E-state index contributed by atoms with van der Waals surface area (Å²) in [6.45, 7) is 9.38. The topological polar surface area (TPSA) is 0 Å². The summed E-state index contributed by atoms with van der Waals surface area (Å²) < 4.78 is 0. The van der Waals surface area contributed by atoms with Crippen LogP contribution < -0.4 is 0 Å². The molecule has 2 unspecified atom stereocenters. The van der Waals surface area contributed by atoms with Crippen molar-refractivity contribution in [2.45, 2.75) is 85.5 Å².